The Hall–Kier alpha value is -7.26. The molecule has 22 heteroatoms. The van der Waals surface area contributed by atoms with Gasteiger partial charge in [-0.05, 0) is 80.1 Å². The molecule has 7 heterocycles. The summed E-state index contributed by atoms with van der Waals surface area (Å²) >= 11 is 0. The normalized spacial score (nSPS) is 14.9. The number of fused-ring (bicyclic) bond motifs is 16. The summed E-state index contributed by atoms with van der Waals surface area (Å²) in [6.07, 6.45) is 9.36. The van der Waals surface area contributed by atoms with Crippen molar-refractivity contribution in [2.24, 2.45) is 0 Å². The molecule has 2 atom stereocenters. The number of carbonyl (C=O) groups excluding carboxylic acids is 4. The zero-order chi connectivity index (χ0) is 44.0. The van der Waals surface area contributed by atoms with Gasteiger partial charge >= 0.3 is 12.2 Å². The zero-order valence-electron chi connectivity index (χ0n) is 34.9. The molecule has 7 rings (SSSR count). The Morgan fingerprint density at radius 2 is 0.815 bits per heavy atom. The van der Waals surface area contributed by atoms with E-state index in [1.807, 2.05) is 0 Å². The third-order valence-corrected chi connectivity index (χ3v) is 8.78. The molecule has 22 nitrogen and oxygen atoms in total. The van der Waals surface area contributed by atoms with Gasteiger partial charge in [-0.25, -0.2) is 39.5 Å². The van der Waals surface area contributed by atoms with Crippen LogP contribution in [-0.4, -0.2) is 78.2 Å². The molecular weight excluding hydrogens is 849 g/mol. The van der Waals surface area contributed by atoms with Crippen molar-refractivity contribution in [3.05, 3.63) is 60.7 Å². The van der Waals surface area contributed by atoms with Crippen molar-refractivity contribution < 1.29 is 55.2 Å². The molecule has 1 aliphatic rings. The lowest BCUT2D eigenvalue weighted by atomic mass is 10.1. The number of hydrogen-bond acceptors (Lipinski definition) is 18. The van der Waals surface area contributed by atoms with Crippen molar-refractivity contribution in [1.82, 2.24) is 51.2 Å². The van der Waals surface area contributed by atoms with Crippen LogP contribution in [-0.2, 0) is 9.47 Å². The third-order valence-electron chi connectivity index (χ3n) is 8.78. The fourth-order valence-electron chi connectivity index (χ4n) is 6.00. The SMILES string of the molecule is C.C.C.CC(C)(C)OC(=O)NCCCCC1NC(=O)c2coc(n2)-c2coc(n2)-c2coc(n2)C(CCCCNC(=O)OC(C)(C)C)NC(=O)c2coc(n2)-c2coc(n2)-c2coc1n2. The number of oxazole rings is 6. The van der Waals surface area contributed by atoms with Gasteiger partial charge in [0.1, 0.15) is 60.9 Å². The van der Waals surface area contributed by atoms with Crippen molar-refractivity contribution in [3.63, 3.8) is 0 Å². The maximum atomic E-state index is 13.6. The summed E-state index contributed by atoms with van der Waals surface area (Å²) in [4.78, 5) is 78.1. The first-order chi connectivity index (χ1) is 29.6. The van der Waals surface area contributed by atoms with Crippen LogP contribution < -0.4 is 21.3 Å². The summed E-state index contributed by atoms with van der Waals surface area (Å²) in [6, 6.07) is -1.52. The third kappa shape index (κ3) is 13.4. The summed E-state index contributed by atoms with van der Waals surface area (Å²) in [6.45, 7) is 11.3. The van der Waals surface area contributed by atoms with Crippen LogP contribution in [0.2, 0.25) is 0 Å². The van der Waals surface area contributed by atoms with Crippen molar-refractivity contribution >= 4 is 24.0 Å². The molecule has 65 heavy (non-hydrogen) atoms. The maximum absolute atomic E-state index is 13.6. The van der Waals surface area contributed by atoms with E-state index in [-0.39, 0.29) is 91.8 Å². The van der Waals surface area contributed by atoms with Crippen LogP contribution in [0.25, 0.3) is 46.3 Å². The van der Waals surface area contributed by atoms with Gasteiger partial charge in [0.25, 0.3) is 11.8 Å². The molecule has 12 bridgehead atoms. The molecule has 6 aromatic rings. The molecule has 0 fully saturated rings. The van der Waals surface area contributed by atoms with E-state index in [2.05, 4.69) is 51.2 Å². The van der Waals surface area contributed by atoms with Crippen LogP contribution >= 0.6 is 0 Å². The van der Waals surface area contributed by atoms with Gasteiger partial charge in [0.15, 0.2) is 34.2 Å². The minimum absolute atomic E-state index is 0. The fraction of sp³-hybridized carbons (Fsp3) is 0.488. The molecule has 0 aromatic carbocycles. The van der Waals surface area contributed by atoms with Crippen LogP contribution in [0, 0.1) is 0 Å². The number of amides is 4. The lowest BCUT2D eigenvalue weighted by molar-refractivity contribution is 0.0515. The maximum Gasteiger partial charge on any atom is 0.407 e. The number of ether oxygens (including phenoxy) is 2. The molecule has 352 valence electrons. The molecule has 0 radical (unpaired) electrons. The van der Waals surface area contributed by atoms with Crippen LogP contribution in [0.15, 0.2) is 64.1 Å². The highest BCUT2D eigenvalue weighted by atomic mass is 16.6. The van der Waals surface area contributed by atoms with Gasteiger partial charge in [-0.15, -0.1) is 0 Å². The number of alkyl carbamates (subject to hydrolysis) is 2. The predicted molar refractivity (Wildman–Crippen MR) is 232 cm³/mol. The first-order valence-electron chi connectivity index (χ1n) is 19.9. The van der Waals surface area contributed by atoms with E-state index in [0.29, 0.717) is 51.6 Å². The topological polar surface area (TPSA) is 291 Å². The number of carbonyl (C=O) groups is 4. The molecule has 0 spiro atoms. The Morgan fingerprint density at radius 3 is 1.17 bits per heavy atom. The average molecular weight is 907 g/mol. The summed E-state index contributed by atoms with van der Waals surface area (Å²) in [7, 11) is 0. The van der Waals surface area contributed by atoms with Crippen LogP contribution in [0.4, 0.5) is 9.59 Å². The molecule has 4 amide bonds. The van der Waals surface area contributed by atoms with Gasteiger partial charge in [0.2, 0.25) is 35.3 Å². The van der Waals surface area contributed by atoms with E-state index in [1.54, 1.807) is 41.5 Å². The van der Waals surface area contributed by atoms with Crippen LogP contribution in [0.5, 0.6) is 0 Å². The molecular formula is C43H58N10O12. The zero-order valence-corrected chi connectivity index (χ0v) is 34.9. The first-order valence-corrected chi connectivity index (χ1v) is 19.9. The average Bonchev–Trinajstić information content (AvgIpc) is 4.04. The van der Waals surface area contributed by atoms with E-state index in [4.69, 9.17) is 36.0 Å². The number of aromatic nitrogens is 6. The monoisotopic (exact) mass is 906 g/mol. The van der Waals surface area contributed by atoms with Crippen molar-refractivity contribution in [2.45, 2.75) is 126 Å². The first kappa shape index (κ1) is 50.4. The number of rotatable bonds is 10. The molecule has 2 unspecified atom stereocenters. The van der Waals surface area contributed by atoms with E-state index in [9.17, 15) is 19.2 Å². The van der Waals surface area contributed by atoms with E-state index in [1.165, 1.54) is 37.6 Å². The number of nitrogens with zero attached hydrogens (tertiary/aromatic N) is 6. The van der Waals surface area contributed by atoms with Gasteiger partial charge in [0, 0.05) is 13.1 Å². The summed E-state index contributed by atoms with van der Waals surface area (Å²) in [5.41, 5.74) is -0.656. The summed E-state index contributed by atoms with van der Waals surface area (Å²) in [5, 5.41) is 11.2. The molecule has 1 aliphatic heterocycles. The Labute approximate surface area is 375 Å². The van der Waals surface area contributed by atoms with Crippen LogP contribution in [0.1, 0.15) is 147 Å². The minimum Gasteiger partial charge on any atom is -0.446 e. The highest BCUT2D eigenvalue weighted by Gasteiger charge is 2.28. The van der Waals surface area contributed by atoms with Crippen molar-refractivity contribution in [1.29, 1.82) is 0 Å². The lowest BCUT2D eigenvalue weighted by Gasteiger charge is -2.19. The second-order valence-electron chi connectivity index (χ2n) is 16.2. The van der Waals surface area contributed by atoms with Gasteiger partial charge in [0.05, 0.1) is 0 Å². The number of nitrogens with one attached hydrogen (secondary N) is 4. The fourth-order valence-corrected chi connectivity index (χ4v) is 6.00. The van der Waals surface area contributed by atoms with Gasteiger partial charge in [-0.2, -0.15) is 0 Å². The van der Waals surface area contributed by atoms with Gasteiger partial charge in [-0.3, -0.25) is 9.59 Å². The Kier molecular flexibility index (Phi) is 16.6. The Balaban J connectivity index is 0.00000308. The molecule has 4 N–H and O–H groups in total. The number of unbranched alkanes of at least 4 members (excludes halogenated alkanes) is 2. The second-order valence-corrected chi connectivity index (χ2v) is 16.2. The standard InChI is InChI=1S/C40H46N10O12.3CH4/c1-39(2,3)61-37(53)41-13-9-7-11-21-31-47-27(17-57-31)35-49-26(19-59-35)34-46-24(16-56-34)30(52)44-22(12-8-10-14-42-38(54)62-40(4,5)6)32-48-28(18-58-32)36-50-25(20-60-36)33-45-23(15-55-33)29(51)43-21;;;/h15-22H,7-14H2,1-6H3,(H,41,53)(H,42,54)(H,43,51)(H,44,52);3*1H4. The minimum atomic E-state index is -0.761. The highest BCUT2D eigenvalue weighted by molar-refractivity contribution is 5.93. The summed E-state index contributed by atoms with van der Waals surface area (Å²) in [5.74, 6) is -0.826. The Morgan fingerprint density at radius 1 is 0.508 bits per heavy atom. The van der Waals surface area contributed by atoms with E-state index >= 15 is 0 Å². The molecule has 0 saturated carbocycles. The number of hydrogen-bond donors (Lipinski definition) is 4. The smallest absolute Gasteiger partial charge is 0.407 e. The quantitative estimate of drug-likeness (QED) is 0.0933. The van der Waals surface area contributed by atoms with Gasteiger partial charge < -0.3 is 57.2 Å². The van der Waals surface area contributed by atoms with E-state index < -0.39 is 47.3 Å². The van der Waals surface area contributed by atoms with Crippen molar-refractivity contribution in [2.75, 3.05) is 13.1 Å². The van der Waals surface area contributed by atoms with Crippen LogP contribution in [0.3, 0.4) is 0 Å². The molecule has 0 aliphatic carbocycles. The van der Waals surface area contributed by atoms with E-state index in [0.717, 1.165) is 0 Å². The Bertz CT molecular complexity index is 2320. The summed E-state index contributed by atoms with van der Waals surface area (Å²) < 4.78 is 44.8. The van der Waals surface area contributed by atoms with Gasteiger partial charge in [-0.1, -0.05) is 22.3 Å². The second kappa shape index (κ2) is 21.4. The molecule has 6 aromatic heterocycles. The molecule has 0 saturated heterocycles. The van der Waals surface area contributed by atoms with Crippen molar-refractivity contribution in [3.8, 4) is 46.3 Å². The predicted octanol–water partition coefficient (Wildman–Crippen LogP) is 8.84. The largest absolute Gasteiger partial charge is 0.446 e. The highest BCUT2D eigenvalue weighted by Crippen LogP contribution is 2.30. The lowest BCUT2D eigenvalue weighted by Crippen LogP contribution is -2.33.